The molecule has 0 aliphatic heterocycles. The molecule has 0 saturated heterocycles. The lowest BCUT2D eigenvalue weighted by Gasteiger charge is -2.10. The average Bonchev–Trinajstić information content (AvgIpc) is 2.44. The monoisotopic (exact) mass is 340 g/mol. The maximum atomic E-state index is 11.1. The normalized spacial score (nSPS) is 12.6. The molecule has 0 radical (unpaired) electrons. The fourth-order valence-corrected chi connectivity index (χ4v) is 2.83. The molecule has 22 heavy (non-hydrogen) atoms. The number of hydrogen-bond acceptors (Lipinski definition) is 8. The molecule has 0 spiro atoms. The molecule has 0 atom stereocenters. The fourth-order valence-electron chi connectivity index (χ4n) is 1.61. The van der Waals surface area contributed by atoms with Crippen molar-refractivity contribution in [1.29, 1.82) is 0 Å². The lowest BCUT2D eigenvalue weighted by atomic mass is 10.3. The molecule has 2 rings (SSSR count). The third-order valence-corrected chi connectivity index (χ3v) is 4.30. The maximum Gasteiger partial charge on any atom is 0.126 e. The van der Waals surface area contributed by atoms with Gasteiger partial charge in [0.05, 0.1) is 9.79 Å². The third-order valence-electron chi connectivity index (χ3n) is 2.53. The summed E-state index contributed by atoms with van der Waals surface area (Å²) in [7, 11) is -9.52. The molecule has 10 heteroatoms. The summed E-state index contributed by atoms with van der Waals surface area (Å²) in [5.41, 5.74) is -0.508. The molecule has 2 aromatic carbocycles. The zero-order valence-corrected chi connectivity index (χ0v) is 12.4. The Morgan fingerprint density at radius 2 is 0.955 bits per heavy atom. The van der Waals surface area contributed by atoms with Gasteiger partial charge in [0.2, 0.25) is 0 Å². The van der Waals surface area contributed by atoms with Gasteiger partial charge < -0.3 is 9.11 Å². The van der Waals surface area contributed by atoms with Gasteiger partial charge in [-0.15, -0.1) is 10.2 Å². The van der Waals surface area contributed by atoms with Gasteiger partial charge in [-0.2, -0.15) is 0 Å². The van der Waals surface area contributed by atoms with Crippen molar-refractivity contribution in [2.24, 2.45) is 10.2 Å². The molecular formula is C12H8N2O6S2-2. The predicted molar refractivity (Wildman–Crippen MR) is 73.0 cm³/mol. The minimum atomic E-state index is -4.76. The highest BCUT2D eigenvalue weighted by Gasteiger charge is 2.10. The maximum absolute atomic E-state index is 11.1. The summed E-state index contributed by atoms with van der Waals surface area (Å²) in [4.78, 5) is -1.19. The smallest absolute Gasteiger partial charge is 0.126 e. The van der Waals surface area contributed by atoms with Crippen molar-refractivity contribution in [3.8, 4) is 0 Å². The lowest BCUT2D eigenvalue weighted by molar-refractivity contribution is 0.460. The van der Waals surface area contributed by atoms with E-state index in [0.717, 1.165) is 12.1 Å². The summed E-state index contributed by atoms with van der Waals surface area (Å²) in [6, 6.07) is 10.1. The number of nitrogens with zero attached hydrogens (tertiary/aromatic N) is 2. The SMILES string of the molecule is O=S(=O)([O-])c1ccccc1N=Nc1ccccc1S(=O)(=O)[O-]. The van der Waals surface area contributed by atoms with Crippen molar-refractivity contribution in [2.75, 3.05) is 0 Å². The zero-order valence-electron chi connectivity index (χ0n) is 10.8. The van der Waals surface area contributed by atoms with Gasteiger partial charge in [-0.1, -0.05) is 24.3 Å². The molecule has 0 aromatic heterocycles. The third kappa shape index (κ3) is 3.74. The number of azo groups is 1. The fraction of sp³-hybridized carbons (Fsp3) is 0. The van der Waals surface area contributed by atoms with Gasteiger partial charge in [-0.25, -0.2) is 16.8 Å². The molecular weight excluding hydrogens is 332 g/mol. The minimum absolute atomic E-state index is 0.254. The van der Waals surface area contributed by atoms with E-state index in [4.69, 9.17) is 0 Å². The Morgan fingerprint density at radius 1 is 0.636 bits per heavy atom. The predicted octanol–water partition coefficient (Wildman–Crippen LogP) is 1.91. The highest BCUT2D eigenvalue weighted by Crippen LogP contribution is 2.28. The highest BCUT2D eigenvalue weighted by atomic mass is 32.2. The van der Waals surface area contributed by atoms with E-state index >= 15 is 0 Å². The van der Waals surface area contributed by atoms with Crippen molar-refractivity contribution >= 4 is 31.6 Å². The molecule has 116 valence electrons. The van der Waals surface area contributed by atoms with Crippen molar-refractivity contribution in [3.63, 3.8) is 0 Å². The molecule has 8 nitrogen and oxygen atoms in total. The number of rotatable bonds is 4. The van der Waals surface area contributed by atoms with E-state index in [9.17, 15) is 25.9 Å². The Balaban J connectivity index is 2.53. The van der Waals surface area contributed by atoms with Crippen LogP contribution in [0, 0.1) is 0 Å². The van der Waals surface area contributed by atoms with Crippen LogP contribution >= 0.6 is 0 Å². The van der Waals surface area contributed by atoms with Crippen LogP contribution in [-0.4, -0.2) is 25.9 Å². The van der Waals surface area contributed by atoms with Crippen LogP contribution in [0.4, 0.5) is 11.4 Å². The first-order valence-electron chi connectivity index (χ1n) is 5.71. The van der Waals surface area contributed by atoms with Gasteiger partial charge in [0, 0.05) is 0 Å². The van der Waals surface area contributed by atoms with Gasteiger partial charge in [-0.3, -0.25) is 0 Å². The Bertz CT molecular complexity index is 858. The summed E-state index contributed by atoms with van der Waals surface area (Å²) in [5, 5.41) is 7.12. The van der Waals surface area contributed by atoms with Gasteiger partial charge in [0.15, 0.2) is 0 Å². The van der Waals surface area contributed by atoms with Crippen LogP contribution in [-0.2, 0) is 20.2 Å². The largest absolute Gasteiger partial charge is 0.744 e. The van der Waals surface area contributed by atoms with Gasteiger partial charge in [-0.05, 0) is 24.3 Å². The average molecular weight is 340 g/mol. The van der Waals surface area contributed by atoms with Crippen LogP contribution in [0.5, 0.6) is 0 Å². The van der Waals surface area contributed by atoms with Gasteiger partial charge >= 0.3 is 0 Å². The first kappa shape index (κ1) is 16.2. The topological polar surface area (TPSA) is 139 Å². The Labute approximate surface area is 126 Å². The van der Waals surface area contributed by atoms with Crippen LogP contribution in [0.2, 0.25) is 0 Å². The second kappa shape index (κ2) is 5.93. The van der Waals surface area contributed by atoms with Gasteiger partial charge in [0.1, 0.15) is 31.6 Å². The minimum Gasteiger partial charge on any atom is -0.744 e. The highest BCUT2D eigenvalue weighted by molar-refractivity contribution is 7.86. The Morgan fingerprint density at radius 3 is 1.27 bits per heavy atom. The second-order valence-corrected chi connectivity index (χ2v) is 6.74. The van der Waals surface area contributed by atoms with Crippen LogP contribution in [0.1, 0.15) is 0 Å². The first-order chi connectivity index (χ1) is 10.2. The van der Waals surface area contributed by atoms with Crippen molar-refractivity contribution < 1.29 is 25.9 Å². The lowest BCUT2D eigenvalue weighted by Crippen LogP contribution is -1.99. The number of benzene rings is 2. The van der Waals surface area contributed by atoms with Crippen molar-refractivity contribution in [1.82, 2.24) is 0 Å². The first-order valence-corrected chi connectivity index (χ1v) is 8.53. The quantitative estimate of drug-likeness (QED) is 0.615. The molecule has 0 aliphatic rings. The Kier molecular flexibility index (Phi) is 4.37. The van der Waals surface area contributed by atoms with Crippen molar-refractivity contribution in [2.45, 2.75) is 9.79 Å². The van der Waals surface area contributed by atoms with Gasteiger partial charge in [0.25, 0.3) is 0 Å². The summed E-state index contributed by atoms with van der Waals surface area (Å²) in [5.74, 6) is 0. The molecule has 0 aliphatic carbocycles. The summed E-state index contributed by atoms with van der Waals surface area (Å²) >= 11 is 0. The second-order valence-electron chi connectivity index (χ2n) is 4.04. The molecule has 0 unspecified atom stereocenters. The summed E-state index contributed by atoms with van der Waals surface area (Å²) in [6.07, 6.45) is 0. The summed E-state index contributed by atoms with van der Waals surface area (Å²) < 4.78 is 66.5. The van der Waals surface area contributed by atoms with E-state index in [0.29, 0.717) is 0 Å². The van der Waals surface area contributed by atoms with E-state index in [2.05, 4.69) is 10.2 Å². The van der Waals surface area contributed by atoms with E-state index in [1.807, 2.05) is 0 Å². The van der Waals surface area contributed by atoms with Crippen LogP contribution < -0.4 is 0 Å². The zero-order chi connectivity index (χ0) is 16.4. The summed E-state index contributed by atoms with van der Waals surface area (Å²) in [6.45, 7) is 0. The molecule has 0 heterocycles. The van der Waals surface area contributed by atoms with E-state index in [1.54, 1.807) is 0 Å². The molecule has 0 N–H and O–H groups in total. The molecule has 0 saturated carbocycles. The van der Waals surface area contributed by atoms with Crippen LogP contribution in [0.3, 0.4) is 0 Å². The molecule has 0 amide bonds. The molecule has 0 fully saturated rings. The van der Waals surface area contributed by atoms with Crippen LogP contribution in [0.15, 0.2) is 68.6 Å². The Hall–Kier alpha value is -2.14. The molecule has 2 aromatic rings. The van der Waals surface area contributed by atoms with E-state index < -0.39 is 30.0 Å². The number of hydrogen-bond donors (Lipinski definition) is 0. The van der Waals surface area contributed by atoms with Crippen molar-refractivity contribution in [3.05, 3.63) is 48.5 Å². The molecule has 0 bridgehead atoms. The van der Waals surface area contributed by atoms with Crippen LogP contribution in [0.25, 0.3) is 0 Å². The van der Waals surface area contributed by atoms with E-state index in [1.165, 1.54) is 36.4 Å². The standard InChI is InChI=1S/C12H10N2O6S2/c15-21(16,17)11-7-3-1-5-9(11)13-14-10-6-2-4-8-12(10)22(18,19)20/h1-8H,(H,15,16,17)(H,18,19,20)/p-2. The van der Waals surface area contributed by atoms with E-state index in [-0.39, 0.29) is 11.4 Å².